The van der Waals surface area contributed by atoms with Crippen LogP contribution in [0, 0.1) is 11.3 Å². The molecule has 0 heterocycles. The molecule has 1 rings (SSSR count). The first kappa shape index (κ1) is 9.56. The summed E-state index contributed by atoms with van der Waals surface area (Å²) in [7, 11) is 1.80. The van der Waals surface area contributed by atoms with Crippen LogP contribution in [0.15, 0.2) is 24.3 Å². The number of nitriles is 1. The molecule has 0 spiro atoms. The molecule has 0 aliphatic rings. The second kappa shape index (κ2) is 3.92. The Kier molecular flexibility index (Phi) is 2.88. The van der Waals surface area contributed by atoms with Gasteiger partial charge < -0.3 is 10.0 Å². The molecule has 0 saturated carbocycles. The maximum Gasteiger partial charge on any atom is 0.123 e. The molecule has 0 aromatic heterocycles. The van der Waals surface area contributed by atoms with Crippen LogP contribution >= 0.6 is 0 Å². The van der Waals surface area contributed by atoms with Crippen molar-refractivity contribution in [3.63, 3.8) is 0 Å². The molecule has 0 bridgehead atoms. The van der Waals surface area contributed by atoms with Crippen molar-refractivity contribution in [2.24, 2.45) is 0 Å². The fourth-order valence-corrected chi connectivity index (χ4v) is 0.987. The highest BCUT2D eigenvalue weighted by molar-refractivity contribution is 5.49. The van der Waals surface area contributed by atoms with Gasteiger partial charge in [-0.05, 0) is 31.2 Å². The molecule has 3 nitrogen and oxygen atoms in total. The van der Waals surface area contributed by atoms with E-state index >= 15 is 0 Å². The number of hydrogen-bond donors (Lipinski definition) is 1. The van der Waals surface area contributed by atoms with Crippen LogP contribution in [0.5, 0.6) is 0 Å². The van der Waals surface area contributed by atoms with Crippen molar-refractivity contribution in [1.29, 1.82) is 5.26 Å². The molecule has 0 amide bonds. The van der Waals surface area contributed by atoms with Crippen LogP contribution in [0.2, 0.25) is 0 Å². The van der Waals surface area contributed by atoms with Crippen molar-refractivity contribution in [2.45, 2.75) is 13.2 Å². The molecule has 0 aliphatic carbocycles. The first-order chi connectivity index (χ1) is 6.15. The molecule has 1 aromatic carbocycles. The molecule has 0 aliphatic heterocycles. The van der Waals surface area contributed by atoms with Gasteiger partial charge in [0, 0.05) is 12.7 Å². The average molecular weight is 176 g/mol. The van der Waals surface area contributed by atoms with E-state index in [1.54, 1.807) is 31.0 Å². The molecule has 68 valence electrons. The molecule has 0 fully saturated rings. The summed E-state index contributed by atoms with van der Waals surface area (Å²) in [4.78, 5) is 1.72. The summed E-state index contributed by atoms with van der Waals surface area (Å²) in [6.07, 6.45) is -0.520. The van der Waals surface area contributed by atoms with Gasteiger partial charge >= 0.3 is 0 Å². The highest BCUT2D eigenvalue weighted by Crippen LogP contribution is 2.14. The normalized spacial score (nSPS) is 11.8. The average Bonchev–Trinajstić information content (AvgIpc) is 2.17. The fraction of sp³-hybridized carbons (Fsp3) is 0.300. The van der Waals surface area contributed by atoms with Gasteiger partial charge in [-0.15, -0.1) is 0 Å². The molecule has 1 N–H and O–H groups in total. The zero-order valence-electron chi connectivity index (χ0n) is 7.73. The van der Waals surface area contributed by atoms with E-state index in [0.717, 1.165) is 5.69 Å². The van der Waals surface area contributed by atoms with Crippen molar-refractivity contribution in [2.75, 3.05) is 11.9 Å². The van der Waals surface area contributed by atoms with Gasteiger partial charge in [0.05, 0.1) is 11.6 Å². The van der Waals surface area contributed by atoms with E-state index in [4.69, 9.17) is 5.26 Å². The van der Waals surface area contributed by atoms with Crippen LogP contribution in [0.1, 0.15) is 12.5 Å². The van der Waals surface area contributed by atoms with Crippen LogP contribution in [0.25, 0.3) is 0 Å². The van der Waals surface area contributed by atoms with Crippen molar-refractivity contribution in [1.82, 2.24) is 0 Å². The summed E-state index contributed by atoms with van der Waals surface area (Å²) in [5, 5.41) is 17.8. The topological polar surface area (TPSA) is 47.3 Å². The number of nitrogens with zero attached hydrogens (tertiary/aromatic N) is 2. The van der Waals surface area contributed by atoms with Crippen LogP contribution in [0.3, 0.4) is 0 Å². The summed E-state index contributed by atoms with van der Waals surface area (Å²) in [5.74, 6) is 0. The van der Waals surface area contributed by atoms with Crippen molar-refractivity contribution in [3.8, 4) is 6.07 Å². The Morgan fingerprint density at radius 3 is 2.31 bits per heavy atom. The van der Waals surface area contributed by atoms with E-state index in [-0.39, 0.29) is 0 Å². The number of rotatable bonds is 2. The van der Waals surface area contributed by atoms with E-state index in [9.17, 15) is 5.11 Å². The monoisotopic (exact) mass is 176 g/mol. The summed E-state index contributed by atoms with van der Waals surface area (Å²) < 4.78 is 0. The van der Waals surface area contributed by atoms with E-state index in [2.05, 4.69) is 0 Å². The minimum atomic E-state index is -0.520. The van der Waals surface area contributed by atoms with Crippen molar-refractivity contribution in [3.05, 3.63) is 29.8 Å². The van der Waals surface area contributed by atoms with E-state index in [1.807, 2.05) is 18.2 Å². The van der Waals surface area contributed by atoms with Gasteiger partial charge in [0.25, 0.3) is 0 Å². The molecule has 0 radical (unpaired) electrons. The first-order valence-corrected chi connectivity index (χ1v) is 4.06. The molecule has 0 saturated heterocycles. The maximum atomic E-state index is 9.26. The number of aliphatic hydroxyl groups excluding tert-OH is 1. The highest BCUT2D eigenvalue weighted by Gasteiger charge is 2.04. The third kappa shape index (κ3) is 2.20. The Morgan fingerprint density at radius 1 is 1.38 bits per heavy atom. The number of benzene rings is 1. The van der Waals surface area contributed by atoms with E-state index < -0.39 is 6.23 Å². The quantitative estimate of drug-likeness (QED) is 0.691. The minimum absolute atomic E-state index is 0.520. The second-order valence-electron chi connectivity index (χ2n) is 2.90. The van der Waals surface area contributed by atoms with Crippen LogP contribution in [0.4, 0.5) is 5.69 Å². The Morgan fingerprint density at radius 2 is 1.92 bits per heavy atom. The lowest BCUT2D eigenvalue weighted by atomic mass is 10.2. The Labute approximate surface area is 77.8 Å². The molecular weight excluding hydrogens is 164 g/mol. The second-order valence-corrected chi connectivity index (χ2v) is 2.90. The summed E-state index contributed by atoms with van der Waals surface area (Å²) in [6.45, 7) is 1.69. The number of anilines is 1. The minimum Gasteiger partial charge on any atom is -0.374 e. The molecule has 13 heavy (non-hydrogen) atoms. The zero-order valence-corrected chi connectivity index (χ0v) is 7.73. The predicted octanol–water partition coefficient (Wildman–Crippen LogP) is 1.33. The van der Waals surface area contributed by atoms with E-state index in [0.29, 0.717) is 5.56 Å². The van der Waals surface area contributed by atoms with Gasteiger partial charge in [-0.3, -0.25) is 0 Å². The third-order valence-electron chi connectivity index (χ3n) is 1.96. The fourth-order valence-electron chi connectivity index (χ4n) is 0.987. The number of hydrogen-bond acceptors (Lipinski definition) is 3. The zero-order chi connectivity index (χ0) is 9.84. The van der Waals surface area contributed by atoms with E-state index in [1.165, 1.54) is 0 Å². The van der Waals surface area contributed by atoms with Gasteiger partial charge in [-0.25, -0.2) is 0 Å². The van der Waals surface area contributed by atoms with Crippen LogP contribution in [-0.4, -0.2) is 18.4 Å². The standard InChI is InChI=1S/C10H12N2O/c1-8(13)12(2)10-5-3-9(7-11)4-6-10/h3-6,8,13H,1-2H3. The van der Waals surface area contributed by atoms with Gasteiger partial charge in [0.1, 0.15) is 6.23 Å². The summed E-state index contributed by atoms with van der Waals surface area (Å²) in [5.41, 5.74) is 1.52. The molecule has 1 unspecified atom stereocenters. The Hall–Kier alpha value is -1.53. The predicted molar refractivity (Wildman–Crippen MR) is 51.2 cm³/mol. The lowest BCUT2D eigenvalue weighted by molar-refractivity contribution is 0.195. The van der Waals surface area contributed by atoms with Gasteiger partial charge in [0.2, 0.25) is 0 Å². The summed E-state index contributed by atoms with van der Waals surface area (Å²) >= 11 is 0. The van der Waals surface area contributed by atoms with Crippen LogP contribution < -0.4 is 4.90 Å². The smallest absolute Gasteiger partial charge is 0.123 e. The van der Waals surface area contributed by atoms with Gasteiger partial charge in [0.15, 0.2) is 0 Å². The van der Waals surface area contributed by atoms with Crippen molar-refractivity contribution >= 4 is 5.69 Å². The van der Waals surface area contributed by atoms with Gasteiger partial charge in [-0.2, -0.15) is 5.26 Å². The summed E-state index contributed by atoms with van der Waals surface area (Å²) in [6, 6.07) is 9.12. The van der Waals surface area contributed by atoms with Crippen molar-refractivity contribution < 1.29 is 5.11 Å². The molecular formula is C10H12N2O. The SMILES string of the molecule is CC(O)N(C)c1ccc(C#N)cc1. The molecule has 3 heteroatoms. The Bertz CT molecular complexity index is 311. The Balaban J connectivity index is 2.87. The highest BCUT2D eigenvalue weighted by atomic mass is 16.3. The lowest BCUT2D eigenvalue weighted by Gasteiger charge is -2.22. The molecule has 1 atom stereocenters. The van der Waals surface area contributed by atoms with Crippen LogP contribution in [-0.2, 0) is 0 Å². The first-order valence-electron chi connectivity index (χ1n) is 4.06. The molecule has 1 aromatic rings. The maximum absolute atomic E-state index is 9.26. The lowest BCUT2D eigenvalue weighted by Crippen LogP contribution is -2.27. The van der Waals surface area contributed by atoms with Gasteiger partial charge in [-0.1, -0.05) is 0 Å². The number of aliphatic hydroxyl groups is 1. The third-order valence-corrected chi connectivity index (χ3v) is 1.96. The largest absolute Gasteiger partial charge is 0.374 e.